The van der Waals surface area contributed by atoms with Gasteiger partial charge in [0, 0.05) is 17.4 Å². The highest BCUT2D eigenvalue weighted by Crippen LogP contribution is 2.36. The number of aromatic nitrogens is 1. The summed E-state index contributed by atoms with van der Waals surface area (Å²) in [5.74, 6) is 0.566. The molecule has 4 heteroatoms. The maximum atomic E-state index is 6.11. The fourth-order valence-electron chi connectivity index (χ4n) is 2.19. The van der Waals surface area contributed by atoms with Crippen molar-refractivity contribution in [2.75, 3.05) is 0 Å². The molecule has 0 aromatic carbocycles. The molecule has 0 aliphatic carbocycles. The molecule has 0 N–H and O–H groups in total. The van der Waals surface area contributed by atoms with Crippen molar-refractivity contribution in [3.63, 3.8) is 0 Å². The Labute approximate surface area is 116 Å². The zero-order valence-corrected chi connectivity index (χ0v) is 12.9. The van der Waals surface area contributed by atoms with E-state index in [4.69, 9.17) is 9.31 Å². The van der Waals surface area contributed by atoms with Gasteiger partial charge in [-0.2, -0.15) is 0 Å². The van der Waals surface area contributed by atoms with Gasteiger partial charge in [-0.15, -0.1) is 0 Å². The number of hydrogen-bond donors (Lipinski definition) is 0. The maximum absolute atomic E-state index is 6.11. The Balaban J connectivity index is 2.29. The van der Waals surface area contributed by atoms with Crippen LogP contribution in [0, 0.1) is 5.92 Å². The first-order valence-corrected chi connectivity index (χ1v) is 7.02. The van der Waals surface area contributed by atoms with E-state index >= 15 is 0 Å². The second-order valence-corrected chi connectivity index (χ2v) is 6.73. The van der Waals surface area contributed by atoms with Gasteiger partial charge in [0.15, 0.2) is 0 Å². The van der Waals surface area contributed by atoms with Crippen molar-refractivity contribution >= 4 is 12.6 Å². The molecule has 0 radical (unpaired) electrons. The molecule has 3 nitrogen and oxygen atoms in total. The maximum Gasteiger partial charge on any atom is 0.496 e. The van der Waals surface area contributed by atoms with E-state index in [0.717, 1.165) is 17.6 Å². The molecule has 1 saturated heterocycles. The van der Waals surface area contributed by atoms with Crippen molar-refractivity contribution in [3.05, 3.63) is 24.0 Å². The van der Waals surface area contributed by atoms with E-state index in [2.05, 4.69) is 52.6 Å². The van der Waals surface area contributed by atoms with Crippen molar-refractivity contribution in [3.8, 4) is 0 Å². The summed E-state index contributed by atoms with van der Waals surface area (Å²) < 4.78 is 12.2. The van der Waals surface area contributed by atoms with Gasteiger partial charge < -0.3 is 9.31 Å². The molecule has 0 spiro atoms. The van der Waals surface area contributed by atoms with Crippen LogP contribution in [-0.2, 0) is 15.7 Å². The molecule has 2 rings (SSSR count). The molecule has 0 saturated carbocycles. The Morgan fingerprint density at radius 1 is 1.16 bits per heavy atom. The number of rotatable bonds is 3. The van der Waals surface area contributed by atoms with Gasteiger partial charge in [-0.05, 0) is 46.1 Å². The number of nitrogens with zero attached hydrogens (tertiary/aromatic N) is 1. The van der Waals surface area contributed by atoms with Gasteiger partial charge in [0.05, 0.1) is 11.2 Å². The quantitative estimate of drug-likeness (QED) is 0.784. The lowest BCUT2D eigenvalue weighted by Gasteiger charge is -2.32. The van der Waals surface area contributed by atoms with Crippen molar-refractivity contribution < 1.29 is 9.31 Å². The summed E-state index contributed by atoms with van der Waals surface area (Å²) in [5.41, 5.74) is 1.54. The minimum Gasteiger partial charge on any atom is -0.399 e. The predicted octanol–water partition coefficient (Wildman–Crippen LogP) is 2.58. The largest absolute Gasteiger partial charge is 0.496 e. The van der Waals surface area contributed by atoms with Crippen molar-refractivity contribution in [1.82, 2.24) is 4.98 Å². The average molecular weight is 261 g/mol. The van der Waals surface area contributed by atoms with E-state index in [1.165, 1.54) is 0 Å². The molecule has 1 aromatic rings. The van der Waals surface area contributed by atoms with Gasteiger partial charge in [-0.1, -0.05) is 19.9 Å². The van der Waals surface area contributed by atoms with Crippen molar-refractivity contribution in [1.29, 1.82) is 0 Å². The number of hydrogen-bond acceptors (Lipinski definition) is 3. The second kappa shape index (κ2) is 4.91. The monoisotopic (exact) mass is 261 g/mol. The highest BCUT2D eigenvalue weighted by Gasteiger charge is 2.52. The fraction of sp³-hybridized carbons (Fsp3) is 0.667. The fourth-order valence-corrected chi connectivity index (χ4v) is 2.19. The summed E-state index contributed by atoms with van der Waals surface area (Å²) in [4.78, 5) is 4.50. The van der Waals surface area contributed by atoms with Crippen LogP contribution in [0.5, 0.6) is 0 Å². The Hall–Kier alpha value is -0.865. The summed E-state index contributed by atoms with van der Waals surface area (Å²) in [6, 6.07) is 4.01. The minimum absolute atomic E-state index is 0.303. The Bertz CT molecular complexity index is 441. The molecule has 19 heavy (non-hydrogen) atoms. The summed E-state index contributed by atoms with van der Waals surface area (Å²) in [5, 5.41) is 0. The second-order valence-electron chi connectivity index (χ2n) is 6.73. The van der Waals surface area contributed by atoms with Crippen molar-refractivity contribution in [2.45, 2.75) is 59.2 Å². The molecular weight excluding hydrogens is 237 g/mol. The zero-order chi connectivity index (χ0) is 14.3. The van der Waals surface area contributed by atoms with Crippen LogP contribution in [0.15, 0.2) is 18.3 Å². The zero-order valence-electron chi connectivity index (χ0n) is 12.9. The lowest BCUT2D eigenvalue weighted by Crippen LogP contribution is -2.41. The SMILES string of the molecule is CC(C)Cc1ncccc1B1OC(C)(C)C(C)(C)O1. The van der Waals surface area contributed by atoms with Crippen LogP contribution in [-0.4, -0.2) is 23.3 Å². The lowest BCUT2D eigenvalue weighted by atomic mass is 9.76. The summed E-state index contributed by atoms with van der Waals surface area (Å²) in [6.45, 7) is 12.7. The first-order chi connectivity index (χ1) is 8.73. The van der Waals surface area contributed by atoms with Crippen molar-refractivity contribution in [2.24, 2.45) is 5.92 Å². The van der Waals surface area contributed by atoms with Gasteiger partial charge in [0.2, 0.25) is 0 Å². The highest BCUT2D eigenvalue weighted by molar-refractivity contribution is 6.62. The highest BCUT2D eigenvalue weighted by atomic mass is 16.7. The lowest BCUT2D eigenvalue weighted by molar-refractivity contribution is 0.00578. The topological polar surface area (TPSA) is 31.4 Å². The van der Waals surface area contributed by atoms with E-state index in [0.29, 0.717) is 5.92 Å². The Kier molecular flexibility index (Phi) is 3.76. The average Bonchev–Trinajstić information content (AvgIpc) is 2.48. The smallest absolute Gasteiger partial charge is 0.399 e. The first-order valence-electron chi connectivity index (χ1n) is 7.02. The molecule has 0 amide bonds. The normalized spacial score (nSPS) is 21.1. The van der Waals surface area contributed by atoms with Crippen LogP contribution in [0.3, 0.4) is 0 Å². The summed E-state index contributed by atoms with van der Waals surface area (Å²) >= 11 is 0. The Morgan fingerprint density at radius 2 is 1.74 bits per heavy atom. The Morgan fingerprint density at radius 3 is 2.26 bits per heavy atom. The molecule has 0 atom stereocenters. The van der Waals surface area contributed by atoms with Crippen LogP contribution in [0.25, 0.3) is 0 Å². The molecule has 2 heterocycles. The van der Waals surface area contributed by atoms with Crippen LogP contribution in [0.1, 0.15) is 47.2 Å². The van der Waals surface area contributed by atoms with Gasteiger partial charge >= 0.3 is 7.12 Å². The third kappa shape index (κ3) is 2.85. The van der Waals surface area contributed by atoms with E-state index in [1.54, 1.807) is 0 Å². The van der Waals surface area contributed by atoms with Gasteiger partial charge in [-0.25, -0.2) is 0 Å². The standard InChI is InChI=1S/C15H24BNO2/c1-11(2)10-13-12(8-7-9-17-13)16-18-14(3,4)15(5,6)19-16/h7-9,11H,10H2,1-6H3. The summed E-state index contributed by atoms with van der Waals surface area (Å²) in [6.07, 6.45) is 2.78. The van der Waals surface area contributed by atoms with E-state index in [1.807, 2.05) is 12.3 Å². The number of pyridine rings is 1. The van der Waals surface area contributed by atoms with Gasteiger partial charge in [0.25, 0.3) is 0 Å². The van der Waals surface area contributed by atoms with E-state index < -0.39 is 0 Å². The molecule has 0 bridgehead atoms. The minimum atomic E-state index is -0.313. The summed E-state index contributed by atoms with van der Waals surface area (Å²) in [7, 11) is -0.313. The first kappa shape index (κ1) is 14.5. The predicted molar refractivity (Wildman–Crippen MR) is 78.5 cm³/mol. The molecule has 1 aliphatic heterocycles. The van der Waals surface area contributed by atoms with Gasteiger partial charge in [-0.3, -0.25) is 4.98 Å². The molecule has 0 unspecified atom stereocenters. The van der Waals surface area contributed by atoms with Crippen LogP contribution >= 0.6 is 0 Å². The van der Waals surface area contributed by atoms with Crippen LogP contribution < -0.4 is 5.46 Å². The van der Waals surface area contributed by atoms with E-state index in [-0.39, 0.29) is 18.3 Å². The molecule has 104 valence electrons. The molecule has 1 aliphatic rings. The van der Waals surface area contributed by atoms with E-state index in [9.17, 15) is 0 Å². The molecule has 1 fully saturated rings. The van der Waals surface area contributed by atoms with Crippen LogP contribution in [0.2, 0.25) is 0 Å². The third-order valence-corrected chi connectivity index (χ3v) is 4.03. The molecular formula is C15H24BNO2. The third-order valence-electron chi connectivity index (χ3n) is 4.03. The van der Waals surface area contributed by atoms with Crippen LogP contribution in [0.4, 0.5) is 0 Å². The molecule has 1 aromatic heterocycles. The van der Waals surface area contributed by atoms with Gasteiger partial charge in [0.1, 0.15) is 0 Å².